The van der Waals surface area contributed by atoms with Gasteiger partial charge in [-0.3, -0.25) is 19.8 Å². The minimum absolute atomic E-state index is 0.0203. The van der Waals surface area contributed by atoms with Crippen molar-refractivity contribution in [2.45, 2.75) is 51.6 Å². The molecule has 6 nitrogen and oxygen atoms in total. The zero-order valence-electron chi connectivity index (χ0n) is 14.2. The predicted molar refractivity (Wildman–Crippen MR) is 94.9 cm³/mol. The number of aromatic nitrogens is 2. The maximum Gasteiger partial charge on any atom is 0.288 e. The van der Waals surface area contributed by atoms with Crippen LogP contribution >= 0.6 is 0 Å². The number of hydrogen-bond donors (Lipinski definition) is 4. The fraction of sp³-hybridized carbons (Fsp3) is 0.444. The summed E-state index contributed by atoms with van der Waals surface area (Å²) in [6.45, 7) is 3.95. The Bertz CT molecular complexity index is 713. The van der Waals surface area contributed by atoms with E-state index in [-0.39, 0.29) is 18.0 Å². The van der Waals surface area contributed by atoms with Crippen LogP contribution in [0.3, 0.4) is 0 Å². The average Bonchev–Trinajstić information content (AvgIpc) is 2.89. The number of hydrogen-bond acceptors (Lipinski definition) is 3. The summed E-state index contributed by atoms with van der Waals surface area (Å²) >= 11 is 0. The van der Waals surface area contributed by atoms with Crippen molar-refractivity contribution < 1.29 is 9.90 Å². The molecule has 130 valence electrons. The number of aromatic amines is 2. The molecule has 0 bridgehead atoms. The summed E-state index contributed by atoms with van der Waals surface area (Å²) in [5.41, 5.74) is 0.0918. The van der Waals surface area contributed by atoms with Gasteiger partial charge in [0.2, 0.25) is 5.91 Å². The Morgan fingerprint density at radius 3 is 2.33 bits per heavy atom. The van der Waals surface area contributed by atoms with E-state index in [9.17, 15) is 14.7 Å². The lowest BCUT2D eigenvalue weighted by Crippen LogP contribution is -2.34. The summed E-state index contributed by atoms with van der Waals surface area (Å²) in [4.78, 5) is 24.4. The molecule has 0 saturated carbocycles. The van der Waals surface area contributed by atoms with Gasteiger partial charge in [0.05, 0.1) is 17.7 Å². The van der Waals surface area contributed by atoms with Crippen LogP contribution in [0.5, 0.6) is 0 Å². The lowest BCUT2D eigenvalue weighted by atomic mass is 9.89. The van der Waals surface area contributed by atoms with Crippen molar-refractivity contribution in [1.82, 2.24) is 10.2 Å². The van der Waals surface area contributed by atoms with Gasteiger partial charge >= 0.3 is 0 Å². The third-order valence-electron chi connectivity index (χ3n) is 4.03. The molecule has 0 spiro atoms. The minimum Gasteiger partial charge on any atom is -0.389 e. The molecule has 0 aliphatic rings. The van der Waals surface area contributed by atoms with Crippen molar-refractivity contribution in [3.63, 3.8) is 0 Å². The van der Waals surface area contributed by atoms with Crippen LogP contribution in [0.25, 0.3) is 11.3 Å². The van der Waals surface area contributed by atoms with Crippen molar-refractivity contribution >= 4 is 11.6 Å². The molecule has 1 aromatic carbocycles. The fourth-order valence-corrected chi connectivity index (χ4v) is 3.01. The van der Waals surface area contributed by atoms with E-state index in [1.165, 1.54) is 0 Å². The van der Waals surface area contributed by atoms with E-state index in [4.69, 9.17) is 0 Å². The van der Waals surface area contributed by atoms with Gasteiger partial charge in [-0.2, -0.15) is 0 Å². The lowest BCUT2D eigenvalue weighted by molar-refractivity contribution is -0.121. The number of anilines is 1. The first kappa shape index (κ1) is 18.0. The Morgan fingerprint density at radius 1 is 1.12 bits per heavy atom. The van der Waals surface area contributed by atoms with E-state index < -0.39 is 11.2 Å². The van der Waals surface area contributed by atoms with Crippen LogP contribution in [-0.4, -0.2) is 26.8 Å². The van der Waals surface area contributed by atoms with Gasteiger partial charge in [0.15, 0.2) is 0 Å². The molecule has 0 saturated heterocycles. The molecule has 4 N–H and O–H groups in total. The first-order chi connectivity index (χ1) is 11.5. The third kappa shape index (κ3) is 4.35. The number of amides is 1. The van der Waals surface area contributed by atoms with E-state index in [1.54, 1.807) is 0 Å². The van der Waals surface area contributed by atoms with E-state index in [0.29, 0.717) is 18.5 Å². The summed E-state index contributed by atoms with van der Waals surface area (Å²) < 4.78 is 0. The van der Waals surface area contributed by atoms with Gasteiger partial charge in [-0.25, -0.2) is 0 Å². The quantitative estimate of drug-likeness (QED) is 0.598. The highest BCUT2D eigenvalue weighted by atomic mass is 16.3. The highest BCUT2D eigenvalue weighted by molar-refractivity contribution is 5.94. The minimum atomic E-state index is -1.02. The number of benzene rings is 1. The second-order valence-corrected chi connectivity index (χ2v) is 6.14. The third-order valence-corrected chi connectivity index (χ3v) is 4.03. The molecular weight excluding hydrogens is 306 g/mol. The summed E-state index contributed by atoms with van der Waals surface area (Å²) in [5.74, 6) is -0.360. The van der Waals surface area contributed by atoms with Crippen molar-refractivity contribution in [3.05, 3.63) is 40.7 Å². The predicted octanol–water partition coefficient (Wildman–Crippen LogP) is 3.03. The van der Waals surface area contributed by atoms with E-state index in [0.717, 1.165) is 18.4 Å². The summed E-state index contributed by atoms with van der Waals surface area (Å²) in [6, 6.07) is 9.28. The number of aliphatic hydroxyl groups is 1. The lowest BCUT2D eigenvalue weighted by Gasteiger charge is -2.26. The molecule has 1 amide bonds. The Kier molecular flexibility index (Phi) is 5.98. The van der Waals surface area contributed by atoms with Gasteiger partial charge in [-0.15, -0.1) is 0 Å². The van der Waals surface area contributed by atoms with Crippen LogP contribution in [-0.2, 0) is 4.79 Å². The number of carbonyl (C=O) groups excluding carboxylic acids is 1. The van der Waals surface area contributed by atoms with Crippen LogP contribution in [0.2, 0.25) is 0 Å². The van der Waals surface area contributed by atoms with Gasteiger partial charge < -0.3 is 10.4 Å². The zero-order valence-corrected chi connectivity index (χ0v) is 14.2. The molecule has 2 rings (SSSR count). The zero-order chi connectivity index (χ0) is 17.6. The molecule has 0 fully saturated rings. The van der Waals surface area contributed by atoms with Crippen LogP contribution < -0.4 is 10.9 Å². The van der Waals surface area contributed by atoms with Gasteiger partial charge in [-0.1, -0.05) is 57.0 Å². The normalized spacial score (nSPS) is 11.5. The van der Waals surface area contributed by atoms with Gasteiger partial charge in [0.1, 0.15) is 5.69 Å². The van der Waals surface area contributed by atoms with Crippen molar-refractivity contribution in [2.75, 3.05) is 5.32 Å². The SMILES string of the molecule is CCCC(O)(CCC)CC(=O)Nc1c(-c2ccccc2)[nH][nH]c1=O. The maximum atomic E-state index is 12.4. The molecule has 0 aliphatic carbocycles. The molecule has 0 radical (unpaired) electrons. The molecule has 0 aliphatic heterocycles. The first-order valence-corrected chi connectivity index (χ1v) is 8.37. The second-order valence-electron chi connectivity index (χ2n) is 6.14. The highest BCUT2D eigenvalue weighted by Gasteiger charge is 2.29. The van der Waals surface area contributed by atoms with Crippen molar-refractivity contribution in [1.29, 1.82) is 0 Å². The fourth-order valence-electron chi connectivity index (χ4n) is 3.01. The Hall–Kier alpha value is -2.34. The number of nitrogens with one attached hydrogen (secondary N) is 3. The van der Waals surface area contributed by atoms with Crippen LogP contribution in [0, 0.1) is 0 Å². The maximum absolute atomic E-state index is 12.4. The van der Waals surface area contributed by atoms with Crippen LogP contribution in [0.1, 0.15) is 46.0 Å². The number of H-pyrrole nitrogens is 2. The van der Waals surface area contributed by atoms with Gasteiger partial charge in [0, 0.05) is 5.56 Å². The standard InChI is InChI=1S/C18H25N3O3/c1-3-10-18(24,11-4-2)12-14(22)19-16-15(20-21-17(16)23)13-8-6-5-7-9-13/h5-9,24H,3-4,10-12H2,1-2H3,(H,19,22)(H2,20,21,23). The number of carbonyl (C=O) groups is 1. The molecule has 0 atom stereocenters. The van der Waals surface area contributed by atoms with Crippen LogP contribution in [0.15, 0.2) is 35.1 Å². The Balaban J connectivity index is 2.18. The molecular formula is C18H25N3O3. The molecule has 6 heteroatoms. The van der Waals surface area contributed by atoms with E-state index in [2.05, 4.69) is 15.5 Å². The molecule has 2 aromatic rings. The Labute approximate surface area is 141 Å². The van der Waals surface area contributed by atoms with Gasteiger partial charge in [0.25, 0.3) is 5.56 Å². The first-order valence-electron chi connectivity index (χ1n) is 8.37. The monoisotopic (exact) mass is 331 g/mol. The van der Waals surface area contributed by atoms with Crippen molar-refractivity contribution in [3.8, 4) is 11.3 Å². The largest absolute Gasteiger partial charge is 0.389 e. The average molecular weight is 331 g/mol. The topological polar surface area (TPSA) is 98.0 Å². The molecule has 24 heavy (non-hydrogen) atoms. The smallest absolute Gasteiger partial charge is 0.288 e. The summed E-state index contributed by atoms with van der Waals surface area (Å²) in [7, 11) is 0. The molecule has 0 unspecified atom stereocenters. The van der Waals surface area contributed by atoms with E-state index in [1.807, 2.05) is 44.2 Å². The summed E-state index contributed by atoms with van der Waals surface area (Å²) in [5, 5.41) is 18.6. The number of rotatable bonds is 8. The van der Waals surface area contributed by atoms with E-state index >= 15 is 0 Å². The van der Waals surface area contributed by atoms with Gasteiger partial charge in [-0.05, 0) is 12.8 Å². The second kappa shape index (κ2) is 7.97. The Morgan fingerprint density at radius 2 is 1.75 bits per heavy atom. The molecule has 1 aromatic heterocycles. The summed E-state index contributed by atoms with van der Waals surface area (Å²) in [6.07, 6.45) is 2.69. The van der Waals surface area contributed by atoms with Crippen molar-refractivity contribution in [2.24, 2.45) is 0 Å². The highest BCUT2D eigenvalue weighted by Crippen LogP contribution is 2.26. The molecule has 1 heterocycles. The van der Waals surface area contributed by atoms with Crippen LogP contribution in [0.4, 0.5) is 5.69 Å².